The number of carbonyl (C=O) groups is 2. The molecule has 0 saturated carbocycles. The van der Waals surface area contributed by atoms with E-state index in [1.165, 1.54) is 0 Å². The van der Waals surface area contributed by atoms with Gasteiger partial charge in [-0.1, -0.05) is 25.3 Å². The van der Waals surface area contributed by atoms with E-state index in [1.807, 2.05) is 6.08 Å². The van der Waals surface area contributed by atoms with E-state index in [4.69, 9.17) is 9.84 Å². The first-order chi connectivity index (χ1) is 9.65. The fourth-order valence-electron chi connectivity index (χ4n) is 2.28. The molecule has 0 unspecified atom stereocenters. The topological polar surface area (TPSA) is 75.6 Å². The number of carboxylic acid groups (broad SMARTS) is 1. The third-order valence-corrected chi connectivity index (χ3v) is 3.57. The molecule has 0 spiro atoms. The first-order valence-electron chi connectivity index (χ1n) is 7.37. The summed E-state index contributed by atoms with van der Waals surface area (Å²) in [4.78, 5) is 23.0. The summed E-state index contributed by atoms with van der Waals surface area (Å²) in [5.41, 5.74) is 0. The summed E-state index contributed by atoms with van der Waals surface area (Å²) in [7, 11) is 0. The maximum atomic E-state index is 11.9. The van der Waals surface area contributed by atoms with E-state index < -0.39 is 12.0 Å². The largest absolute Gasteiger partial charge is 0.480 e. The summed E-state index contributed by atoms with van der Waals surface area (Å²) >= 11 is 0. The normalized spacial score (nSPS) is 19.5. The smallest absolute Gasteiger partial charge is 0.326 e. The second-order valence-corrected chi connectivity index (χ2v) is 5.24. The molecule has 1 aliphatic rings. The zero-order valence-electron chi connectivity index (χ0n) is 12.0. The van der Waals surface area contributed by atoms with Crippen LogP contribution >= 0.6 is 0 Å². The molecule has 1 amide bonds. The van der Waals surface area contributed by atoms with Gasteiger partial charge in [0.05, 0.1) is 12.5 Å². The Hall–Kier alpha value is -1.36. The van der Waals surface area contributed by atoms with Crippen molar-refractivity contribution in [3.8, 4) is 0 Å². The average molecular weight is 283 g/mol. The van der Waals surface area contributed by atoms with Gasteiger partial charge in [0.15, 0.2) is 0 Å². The zero-order chi connectivity index (χ0) is 14.8. The van der Waals surface area contributed by atoms with Crippen molar-refractivity contribution in [2.45, 2.75) is 51.0 Å². The van der Waals surface area contributed by atoms with Gasteiger partial charge in [-0.3, -0.25) is 4.79 Å². The molecule has 0 aromatic rings. The fraction of sp³-hybridized carbons (Fsp3) is 0.733. The molecule has 5 heteroatoms. The molecule has 0 aromatic heterocycles. The molecule has 0 radical (unpaired) electrons. The molecule has 20 heavy (non-hydrogen) atoms. The quantitative estimate of drug-likeness (QED) is 0.475. The minimum Gasteiger partial charge on any atom is -0.480 e. The summed E-state index contributed by atoms with van der Waals surface area (Å²) in [6, 6.07) is -0.775. The highest BCUT2D eigenvalue weighted by Crippen LogP contribution is 2.14. The van der Waals surface area contributed by atoms with Gasteiger partial charge in [0.1, 0.15) is 6.04 Å². The molecule has 2 atom stereocenters. The lowest BCUT2D eigenvalue weighted by Gasteiger charge is -2.16. The van der Waals surface area contributed by atoms with Gasteiger partial charge < -0.3 is 15.2 Å². The van der Waals surface area contributed by atoms with E-state index in [0.717, 1.165) is 32.1 Å². The van der Waals surface area contributed by atoms with Crippen molar-refractivity contribution in [1.29, 1.82) is 0 Å². The van der Waals surface area contributed by atoms with Gasteiger partial charge in [0.25, 0.3) is 0 Å². The van der Waals surface area contributed by atoms with Crippen molar-refractivity contribution in [3.05, 3.63) is 12.7 Å². The summed E-state index contributed by atoms with van der Waals surface area (Å²) in [6.45, 7) is 4.65. The molecule has 2 N–H and O–H groups in total. The number of rotatable bonds is 10. The van der Waals surface area contributed by atoms with Crippen LogP contribution in [0.5, 0.6) is 0 Å². The summed E-state index contributed by atoms with van der Waals surface area (Å²) in [6.07, 6.45) is 8.03. The Balaban J connectivity index is 2.23. The van der Waals surface area contributed by atoms with Crippen LogP contribution in [0.15, 0.2) is 12.7 Å². The number of ether oxygens (including phenoxy) is 1. The number of aliphatic carboxylic acids is 1. The van der Waals surface area contributed by atoms with E-state index >= 15 is 0 Å². The third kappa shape index (κ3) is 6.19. The lowest BCUT2D eigenvalue weighted by molar-refractivity contribution is -0.142. The average Bonchev–Trinajstić information content (AvgIpc) is 2.95. The third-order valence-electron chi connectivity index (χ3n) is 3.57. The molecule has 114 valence electrons. The minimum absolute atomic E-state index is 0.190. The Morgan fingerprint density at radius 2 is 2.10 bits per heavy atom. The molecular formula is C15H25NO4. The van der Waals surface area contributed by atoms with Crippen molar-refractivity contribution >= 4 is 11.9 Å². The number of hydrogen-bond acceptors (Lipinski definition) is 3. The van der Waals surface area contributed by atoms with Crippen molar-refractivity contribution in [1.82, 2.24) is 5.32 Å². The summed E-state index contributed by atoms with van der Waals surface area (Å²) < 4.78 is 5.14. The minimum atomic E-state index is -0.955. The molecule has 1 aliphatic heterocycles. The van der Waals surface area contributed by atoms with Crippen LogP contribution in [0.25, 0.3) is 0 Å². The van der Waals surface area contributed by atoms with E-state index in [2.05, 4.69) is 11.9 Å². The fourth-order valence-corrected chi connectivity index (χ4v) is 2.28. The van der Waals surface area contributed by atoms with Crippen molar-refractivity contribution in [2.24, 2.45) is 5.92 Å². The number of allylic oxidation sites excluding steroid dienone is 1. The Morgan fingerprint density at radius 1 is 1.35 bits per heavy atom. The van der Waals surface area contributed by atoms with Gasteiger partial charge >= 0.3 is 5.97 Å². The highest BCUT2D eigenvalue weighted by Gasteiger charge is 2.27. The number of hydrogen-bond donors (Lipinski definition) is 2. The molecule has 0 aromatic carbocycles. The number of amides is 1. The van der Waals surface area contributed by atoms with Crippen LogP contribution in [-0.4, -0.2) is 36.2 Å². The van der Waals surface area contributed by atoms with Crippen LogP contribution in [0.4, 0.5) is 0 Å². The number of nitrogens with one attached hydrogen (secondary N) is 1. The van der Waals surface area contributed by atoms with Crippen LogP contribution in [0.2, 0.25) is 0 Å². The zero-order valence-corrected chi connectivity index (χ0v) is 12.0. The second kappa shape index (κ2) is 9.53. The molecule has 0 aliphatic carbocycles. The van der Waals surface area contributed by atoms with Crippen LogP contribution in [-0.2, 0) is 14.3 Å². The monoisotopic (exact) mass is 283 g/mol. The number of carboxylic acids is 1. The predicted octanol–water partition coefficient (Wildman–Crippen LogP) is 2.12. The maximum Gasteiger partial charge on any atom is 0.326 e. The van der Waals surface area contributed by atoms with Crippen molar-refractivity contribution in [3.63, 3.8) is 0 Å². The molecule has 1 heterocycles. The molecule has 1 fully saturated rings. The number of unbranched alkanes of at least 4 members (excludes halogenated alkanes) is 4. The standard InChI is InChI=1S/C15H25NO4/c1-2-3-4-5-6-7-8-13(15(18)19)16-14(17)12-9-10-20-11-12/h2,12-13H,1,3-11H2,(H,16,17)(H,18,19)/t12-,13-/m0/s1. The van der Waals surface area contributed by atoms with Gasteiger partial charge in [-0.2, -0.15) is 0 Å². The highest BCUT2D eigenvalue weighted by atomic mass is 16.5. The van der Waals surface area contributed by atoms with Gasteiger partial charge in [-0.05, 0) is 25.7 Å². The SMILES string of the molecule is C=CCCCCCC[C@H](NC(=O)[C@H]1CCOC1)C(=O)O. The molecule has 0 bridgehead atoms. The Morgan fingerprint density at radius 3 is 2.70 bits per heavy atom. The predicted molar refractivity (Wildman–Crippen MR) is 76.4 cm³/mol. The maximum absolute atomic E-state index is 11.9. The number of carbonyl (C=O) groups excluding carboxylic acids is 1. The van der Waals surface area contributed by atoms with E-state index in [0.29, 0.717) is 26.1 Å². The van der Waals surface area contributed by atoms with Crippen LogP contribution in [0, 0.1) is 5.92 Å². The van der Waals surface area contributed by atoms with Gasteiger partial charge in [-0.15, -0.1) is 6.58 Å². The summed E-state index contributed by atoms with van der Waals surface area (Å²) in [5, 5.41) is 11.8. The van der Waals surface area contributed by atoms with Crippen molar-refractivity contribution < 1.29 is 19.4 Å². The van der Waals surface area contributed by atoms with Crippen LogP contribution in [0.3, 0.4) is 0 Å². The molecule has 5 nitrogen and oxygen atoms in total. The first kappa shape index (κ1) is 16.7. The Labute approximate surface area is 120 Å². The highest BCUT2D eigenvalue weighted by molar-refractivity contribution is 5.85. The Bertz CT molecular complexity index is 324. The van der Waals surface area contributed by atoms with E-state index in [9.17, 15) is 9.59 Å². The van der Waals surface area contributed by atoms with E-state index in [1.54, 1.807) is 0 Å². The van der Waals surface area contributed by atoms with E-state index in [-0.39, 0.29) is 11.8 Å². The lowest BCUT2D eigenvalue weighted by atomic mass is 10.0. The van der Waals surface area contributed by atoms with Crippen LogP contribution in [0.1, 0.15) is 44.9 Å². The van der Waals surface area contributed by atoms with Crippen LogP contribution < -0.4 is 5.32 Å². The summed E-state index contributed by atoms with van der Waals surface area (Å²) in [5.74, 6) is -1.34. The van der Waals surface area contributed by atoms with Gasteiger partial charge in [0, 0.05) is 6.61 Å². The van der Waals surface area contributed by atoms with Gasteiger partial charge in [-0.25, -0.2) is 4.79 Å². The lowest BCUT2D eigenvalue weighted by Crippen LogP contribution is -2.43. The second-order valence-electron chi connectivity index (χ2n) is 5.24. The van der Waals surface area contributed by atoms with Gasteiger partial charge in [0.2, 0.25) is 5.91 Å². The first-order valence-corrected chi connectivity index (χ1v) is 7.37. The molecule has 1 rings (SSSR count). The molecular weight excluding hydrogens is 258 g/mol. The molecule has 1 saturated heterocycles. The Kier molecular flexibility index (Phi) is 7.95. The van der Waals surface area contributed by atoms with Crippen molar-refractivity contribution in [2.75, 3.05) is 13.2 Å².